The van der Waals surface area contributed by atoms with E-state index >= 15 is 0 Å². The van der Waals surface area contributed by atoms with Gasteiger partial charge in [0.25, 0.3) is 0 Å². The Labute approximate surface area is 336 Å². The van der Waals surface area contributed by atoms with Crippen LogP contribution in [-0.2, 0) is 28.6 Å². The lowest BCUT2D eigenvalue weighted by Crippen LogP contribution is -2.30. The van der Waals surface area contributed by atoms with Crippen molar-refractivity contribution in [3.63, 3.8) is 0 Å². The van der Waals surface area contributed by atoms with Crippen LogP contribution in [-0.4, -0.2) is 37.2 Å². The first-order valence-electron chi connectivity index (χ1n) is 23.9. The number of hydrogen-bond acceptors (Lipinski definition) is 6. The van der Waals surface area contributed by atoms with Crippen molar-refractivity contribution in [2.24, 2.45) is 5.92 Å². The van der Waals surface area contributed by atoms with Crippen LogP contribution in [0.4, 0.5) is 0 Å². The summed E-state index contributed by atoms with van der Waals surface area (Å²) in [5.74, 6) is 0.00471. The first kappa shape index (κ1) is 52.4. The molecule has 2 atom stereocenters. The molecule has 0 heterocycles. The van der Waals surface area contributed by atoms with Gasteiger partial charge in [-0.25, -0.2) is 0 Å². The van der Waals surface area contributed by atoms with E-state index in [2.05, 4.69) is 27.7 Å². The zero-order chi connectivity index (χ0) is 39.6. The van der Waals surface area contributed by atoms with E-state index in [4.69, 9.17) is 14.2 Å². The minimum absolute atomic E-state index is 0.0647. The molecule has 0 aromatic carbocycles. The van der Waals surface area contributed by atoms with Gasteiger partial charge in [0.15, 0.2) is 6.10 Å². The quantitative estimate of drug-likeness (QED) is 0.0349. The number of carbonyl (C=O) groups is 3. The van der Waals surface area contributed by atoms with Crippen LogP contribution >= 0.6 is 0 Å². The molecule has 0 aromatic rings. The zero-order valence-corrected chi connectivity index (χ0v) is 36.7. The van der Waals surface area contributed by atoms with Crippen molar-refractivity contribution < 1.29 is 28.6 Å². The van der Waals surface area contributed by atoms with Gasteiger partial charge in [-0.3, -0.25) is 14.4 Å². The molecule has 0 aliphatic carbocycles. The Morgan fingerprint density at radius 3 is 0.963 bits per heavy atom. The minimum Gasteiger partial charge on any atom is -0.462 e. The molecule has 6 heteroatoms. The van der Waals surface area contributed by atoms with E-state index < -0.39 is 6.10 Å². The Balaban J connectivity index is 4.15. The fourth-order valence-corrected chi connectivity index (χ4v) is 7.12. The smallest absolute Gasteiger partial charge is 0.306 e. The lowest BCUT2D eigenvalue weighted by atomic mass is 9.99. The first-order valence-corrected chi connectivity index (χ1v) is 23.9. The zero-order valence-electron chi connectivity index (χ0n) is 36.7. The van der Waals surface area contributed by atoms with Crippen LogP contribution in [0.15, 0.2) is 0 Å². The topological polar surface area (TPSA) is 78.9 Å². The van der Waals surface area contributed by atoms with Gasteiger partial charge in [-0.15, -0.1) is 0 Å². The first-order chi connectivity index (χ1) is 26.4. The van der Waals surface area contributed by atoms with E-state index in [0.717, 1.165) is 70.1 Å². The Bertz CT molecular complexity index is 813. The van der Waals surface area contributed by atoms with Crippen molar-refractivity contribution in [2.75, 3.05) is 13.2 Å². The molecular weight excluding hydrogens is 673 g/mol. The highest BCUT2D eigenvalue weighted by atomic mass is 16.6. The van der Waals surface area contributed by atoms with Crippen LogP contribution in [0, 0.1) is 5.92 Å². The molecule has 54 heavy (non-hydrogen) atoms. The van der Waals surface area contributed by atoms with E-state index in [0.29, 0.717) is 19.3 Å². The number of ether oxygens (including phenoxy) is 3. The van der Waals surface area contributed by atoms with Gasteiger partial charge in [-0.1, -0.05) is 227 Å². The van der Waals surface area contributed by atoms with Crippen molar-refractivity contribution >= 4 is 17.9 Å². The van der Waals surface area contributed by atoms with Gasteiger partial charge in [0.1, 0.15) is 13.2 Å². The standard InChI is InChI=1S/C48H92O6/c1-5-8-10-12-13-14-15-16-17-18-19-20-21-26-29-33-37-41-48(51)54-45(42-52-46(49)39-35-30-11-9-6-2)43-53-47(50)40-36-32-28-25-23-22-24-27-31-34-38-44(4)7-3/h44-45H,5-43H2,1-4H3/t44?,45-/m0/s1. The van der Waals surface area contributed by atoms with E-state index in [1.807, 2.05) is 0 Å². The largest absolute Gasteiger partial charge is 0.462 e. The Morgan fingerprint density at radius 1 is 0.370 bits per heavy atom. The number of unbranched alkanes of at least 4 members (excludes halogenated alkanes) is 29. The third kappa shape index (κ3) is 40.1. The number of carbonyl (C=O) groups excluding carboxylic acids is 3. The molecular formula is C48H92O6. The van der Waals surface area contributed by atoms with Crippen molar-refractivity contribution in [1.82, 2.24) is 0 Å². The summed E-state index contributed by atoms with van der Waals surface area (Å²) >= 11 is 0. The SMILES string of the molecule is CCCCCCCCCCCCCCCCCCCC(=O)O[C@@H](COC(=O)CCCCCCC)COC(=O)CCCCCCCCCCCCC(C)CC. The lowest BCUT2D eigenvalue weighted by Gasteiger charge is -2.18. The summed E-state index contributed by atoms with van der Waals surface area (Å²) in [4.78, 5) is 37.5. The molecule has 1 unspecified atom stereocenters. The number of esters is 3. The molecule has 0 bridgehead atoms. The van der Waals surface area contributed by atoms with Gasteiger partial charge in [0.05, 0.1) is 0 Å². The fraction of sp³-hybridized carbons (Fsp3) is 0.938. The molecule has 0 radical (unpaired) electrons. The molecule has 0 saturated carbocycles. The molecule has 0 aromatic heterocycles. The third-order valence-corrected chi connectivity index (χ3v) is 11.2. The van der Waals surface area contributed by atoms with E-state index in [1.165, 1.54) is 154 Å². The van der Waals surface area contributed by atoms with Gasteiger partial charge in [-0.05, 0) is 25.2 Å². The molecule has 0 fully saturated rings. The molecule has 0 saturated heterocycles. The van der Waals surface area contributed by atoms with Crippen molar-refractivity contribution in [2.45, 2.75) is 271 Å². The van der Waals surface area contributed by atoms with Crippen molar-refractivity contribution in [3.8, 4) is 0 Å². The highest BCUT2D eigenvalue weighted by Gasteiger charge is 2.19. The van der Waals surface area contributed by atoms with E-state index in [9.17, 15) is 14.4 Å². The molecule has 0 amide bonds. The minimum atomic E-state index is -0.758. The Hall–Kier alpha value is -1.59. The van der Waals surface area contributed by atoms with Gasteiger partial charge >= 0.3 is 17.9 Å². The van der Waals surface area contributed by atoms with Crippen LogP contribution in [0.2, 0.25) is 0 Å². The summed E-state index contributed by atoms with van der Waals surface area (Å²) < 4.78 is 16.6. The maximum atomic E-state index is 12.7. The summed E-state index contributed by atoms with van der Waals surface area (Å²) in [7, 11) is 0. The van der Waals surface area contributed by atoms with Gasteiger partial charge < -0.3 is 14.2 Å². The monoisotopic (exact) mass is 765 g/mol. The second-order valence-corrected chi connectivity index (χ2v) is 16.6. The maximum Gasteiger partial charge on any atom is 0.306 e. The van der Waals surface area contributed by atoms with Crippen molar-refractivity contribution in [1.29, 1.82) is 0 Å². The van der Waals surface area contributed by atoms with E-state index in [1.54, 1.807) is 0 Å². The third-order valence-electron chi connectivity index (χ3n) is 11.2. The molecule has 0 aliphatic rings. The molecule has 0 aliphatic heterocycles. The normalized spacial score (nSPS) is 12.4. The number of rotatable bonds is 43. The Kier molecular flexibility index (Phi) is 41.3. The second-order valence-electron chi connectivity index (χ2n) is 16.6. The highest BCUT2D eigenvalue weighted by molar-refractivity contribution is 5.71. The van der Waals surface area contributed by atoms with Crippen LogP contribution in [0.5, 0.6) is 0 Å². The predicted molar refractivity (Wildman–Crippen MR) is 229 cm³/mol. The van der Waals surface area contributed by atoms with E-state index in [-0.39, 0.29) is 31.1 Å². The average Bonchev–Trinajstić information content (AvgIpc) is 3.17. The summed E-state index contributed by atoms with van der Waals surface area (Å²) in [6.45, 7) is 8.95. The summed E-state index contributed by atoms with van der Waals surface area (Å²) in [5.41, 5.74) is 0. The highest BCUT2D eigenvalue weighted by Crippen LogP contribution is 2.17. The van der Waals surface area contributed by atoms with Crippen LogP contribution in [0.1, 0.15) is 265 Å². The van der Waals surface area contributed by atoms with Crippen molar-refractivity contribution in [3.05, 3.63) is 0 Å². The maximum absolute atomic E-state index is 12.7. The average molecular weight is 765 g/mol. The summed E-state index contributed by atoms with van der Waals surface area (Å²) in [6.07, 6.45) is 42.5. The van der Waals surface area contributed by atoms with Crippen LogP contribution in [0.25, 0.3) is 0 Å². The summed E-state index contributed by atoms with van der Waals surface area (Å²) in [5, 5.41) is 0. The molecule has 0 rings (SSSR count). The molecule has 0 spiro atoms. The van der Waals surface area contributed by atoms with Crippen LogP contribution < -0.4 is 0 Å². The molecule has 6 nitrogen and oxygen atoms in total. The Morgan fingerprint density at radius 2 is 0.648 bits per heavy atom. The number of hydrogen-bond donors (Lipinski definition) is 0. The lowest BCUT2D eigenvalue weighted by molar-refractivity contribution is -0.167. The predicted octanol–water partition coefficient (Wildman–Crippen LogP) is 15.1. The molecule has 0 N–H and O–H groups in total. The van der Waals surface area contributed by atoms with Crippen LogP contribution in [0.3, 0.4) is 0 Å². The van der Waals surface area contributed by atoms with Gasteiger partial charge in [-0.2, -0.15) is 0 Å². The van der Waals surface area contributed by atoms with Gasteiger partial charge in [0, 0.05) is 19.3 Å². The molecule has 320 valence electrons. The summed E-state index contributed by atoms with van der Waals surface area (Å²) in [6, 6.07) is 0. The second kappa shape index (κ2) is 42.6. The fourth-order valence-electron chi connectivity index (χ4n) is 7.12. The van der Waals surface area contributed by atoms with Gasteiger partial charge in [0.2, 0.25) is 0 Å².